The van der Waals surface area contributed by atoms with Crippen LogP contribution in [0.5, 0.6) is 0 Å². The molecule has 0 bridgehead atoms. The summed E-state index contributed by atoms with van der Waals surface area (Å²) in [6.07, 6.45) is 1.51. The van der Waals surface area contributed by atoms with E-state index < -0.39 is 0 Å². The molecule has 3 aromatic carbocycles. The van der Waals surface area contributed by atoms with Crippen molar-refractivity contribution in [3.05, 3.63) is 114 Å². The van der Waals surface area contributed by atoms with E-state index in [1.54, 1.807) is 4.90 Å². The molecule has 1 amide bonds. The van der Waals surface area contributed by atoms with Crippen molar-refractivity contribution in [3.63, 3.8) is 0 Å². The number of amides is 1. The fraction of sp³-hybridized carbons (Fsp3) is 0.259. The van der Waals surface area contributed by atoms with Crippen molar-refractivity contribution < 1.29 is 19.0 Å². The van der Waals surface area contributed by atoms with Crippen LogP contribution >= 0.6 is 0 Å². The summed E-state index contributed by atoms with van der Waals surface area (Å²) >= 11 is 0. The highest BCUT2D eigenvalue weighted by Crippen LogP contribution is 2.23. The maximum absolute atomic E-state index is 12.9. The second-order valence-electron chi connectivity index (χ2n) is 7.79. The number of likely N-dealkylation sites (tertiary alicyclic amines) is 1. The Hall–Kier alpha value is -3.15. The van der Waals surface area contributed by atoms with E-state index in [0.29, 0.717) is 26.4 Å². The fourth-order valence-electron chi connectivity index (χ4n) is 3.66. The predicted molar refractivity (Wildman–Crippen MR) is 123 cm³/mol. The lowest BCUT2D eigenvalue weighted by molar-refractivity contribution is 0.0442. The highest BCUT2D eigenvalue weighted by molar-refractivity contribution is 5.69. The number of ether oxygens (including phenoxy) is 3. The summed E-state index contributed by atoms with van der Waals surface area (Å²) in [7, 11) is 0. The van der Waals surface area contributed by atoms with Gasteiger partial charge in [0.1, 0.15) is 6.61 Å². The van der Waals surface area contributed by atoms with Gasteiger partial charge in [0.15, 0.2) is 0 Å². The molecule has 0 unspecified atom stereocenters. The van der Waals surface area contributed by atoms with Crippen molar-refractivity contribution in [2.75, 3.05) is 13.2 Å². The van der Waals surface area contributed by atoms with Gasteiger partial charge in [0, 0.05) is 6.42 Å². The molecular weight excluding hydrogens is 402 g/mol. The van der Waals surface area contributed by atoms with Crippen LogP contribution in [-0.4, -0.2) is 36.3 Å². The van der Waals surface area contributed by atoms with Crippen LogP contribution in [0.1, 0.15) is 16.7 Å². The second-order valence-corrected chi connectivity index (χ2v) is 7.79. The van der Waals surface area contributed by atoms with Crippen molar-refractivity contribution in [2.24, 2.45) is 0 Å². The van der Waals surface area contributed by atoms with Gasteiger partial charge >= 0.3 is 6.09 Å². The number of carbonyl (C=O) groups excluding carboxylic acids is 1. The van der Waals surface area contributed by atoms with Crippen LogP contribution < -0.4 is 0 Å². The lowest BCUT2D eigenvalue weighted by atomic mass is 10.2. The van der Waals surface area contributed by atoms with Gasteiger partial charge in [-0.05, 0) is 16.7 Å². The molecular formula is C27H28NO4. The average molecular weight is 431 g/mol. The first-order chi connectivity index (χ1) is 15.8. The Morgan fingerprint density at radius 3 is 1.88 bits per heavy atom. The molecule has 32 heavy (non-hydrogen) atoms. The highest BCUT2D eigenvalue weighted by atomic mass is 16.6. The van der Waals surface area contributed by atoms with E-state index in [0.717, 1.165) is 16.7 Å². The van der Waals surface area contributed by atoms with Crippen LogP contribution in [0.4, 0.5) is 4.79 Å². The number of benzene rings is 3. The summed E-state index contributed by atoms with van der Waals surface area (Å²) in [4.78, 5) is 14.6. The smallest absolute Gasteiger partial charge is 0.410 e. The zero-order valence-corrected chi connectivity index (χ0v) is 18.0. The van der Waals surface area contributed by atoms with Gasteiger partial charge < -0.3 is 14.2 Å². The van der Waals surface area contributed by atoms with Crippen LogP contribution in [0, 0.1) is 6.42 Å². The first-order valence-corrected chi connectivity index (χ1v) is 10.9. The van der Waals surface area contributed by atoms with Crippen molar-refractivity contribution >= 4 is 6.09 Å². The van der Waals surface area contributed by atoms with E-state index in [1.807, 2.05) is 97.4 Å². The lowest BCUT2D eigenvalue weighted by Crippen LogP contribution is -2.39. The molecule has 1 heterocycles. The van der Waals surface area contributed by atoms with Crippen molar-refractivity contribution in [1.82, 2.24) is 4.90 Å². The molecule has 1 aliphatic heterocycles. The van der Waals surface area contributed by atoms with Crippen molar-refractivity contribution in [3.8, 4) is 0 Å². The van der Waals surface area contributed by atoms with E-state index >= 15 is 0 Å². The molecule has 1 aliphatic rings. The average Bonchev–Trinajstić information content (AvgIpc) is 3.26. The molecule has 0 spiro atoms. The molecule has 2 atom stereocenters. The molecule has 0 saturated carbocycles. The topological polar surface area (TPSA) is 48.0 Å². The number of hydrogen-bond donors (Lipinski definition) is 0. The maximum atomic E-state index is 12.9. The van der Waals surface area contributed by atoms with Gasteiger partial charge in [0.2, 0.25) is 0 Å². The van der Waals surface area contributed by atoms with Crippen molar-refractivity contribution in [2.45, 2.75) is 32.0 Å². The van der Waals surface area contributed by atoms with E-state index in [1.165, 1.54) is 0 Å². The molecule has 5 heteroatoms. The van der Waals surface area contributed by atoms with Gasteiger partial charge in [-0.15, -0.1) is 0 Å². The minimum Gasteiger partial charge on any atom is -0.445 e. The Kier molecular flexibility index (Phi) is 7.90. The number of nitrogens with zero attached hydrogens (tertiary/aromatic N) is 1. The van der Waals surface area contributed by atoms with E-state index in [-0.39, 0.29) is 24.8 Å². The van der Waals surface area contributed by atoms with Crippen LogP contribution in [0.3, 0.4) is 0 Å². The van der Waals surface area contributed by atoms with Gasteiger partial charge in [-0.1, -0.05) is 91.0 Å². The normalized spacial score (nSPS) is 17.9. The molecule has 0 aromatic heterocycles. The molecule has 4 rings (SSSR count). The quantitative estimate of drug-likeness (QED) is 0.479. The summed E-state index contributed by atoms with van der Waals surface area (Å²) in [5, 5.41) is 0. The third kappa shape index (κ3) is 6.42. The van der Waals surface area contributed by atoms with Gasteiger partial charge in [-0.3, -0.25) is 4.90 Å². The summed E-state index contributed by atoms with van der Waals surface area (Å²) in [6.45, 7) is 2.06. The Morgan fingerprint density at radius 2 is 1.28 bits per heavy atom. The van der Waals surface area contributed by atoms with E-state index in [2.05, 4.69) is 0 Å². The molecule has 5 nitrogen and oxygen atoms in total. The van der Waals surface area contributed by atoms with E-state index in [4.69, 9.17) is 14.2 Å². The zero-order valence-electron chi connectivity index (χ0n) is 18.0. The molecule has 1 radical (unpaired) electrons. The Balaban J connectivity index is 1.34. The SMILES string of the molecule is O=C(OCc1ccccc1)N1C[C@H](OCc2ccccc2)[CH][C@@H]1COCc1ccccc1. The molecule has 3 aromatic rings. The minimum atomic E-state index is -0.357. The molecule has 1 saturated heterocycles. The van der Waals surface area contributed by atoms with E-state index in [9.17, 15) is 4.79 Å². The lowest BCUT2D eigenvalue weighted by Gasteiger charge is -2.23. The summed E-state index contributed by atoms with van der Waals surface area (Å²) in [6, 6.07) is 29.5. The summed E-state index contributed by atoms with van der Waals surface area (Å²) in [5.74, 6) is 0. The second kappa shape index (κ2) is 11.5. The highest BCUT2D eigenvalue weighted by Gasteiger charge is 2.37. The first-order valence-electron chi connectivity index (χ1n) is 10.9. The Labute approximate surface area is 189 Å². The monoisotopic (exact) mass is 430 g/mol. The van der Waals surface area contributed by atoms with Gasteiger partial charge in [-0.25, -0.2) is 4.79 Å². The van der Waals surface area contributed by atoms with Crippen LogP contribution in [0.15, 0.2) is 91.0 Å². The molecule has 0 aliphatic carbocycles. The van der Waals surface area contributed by atoms with Gasteiger partial charge in [-0.2, -0.15) is 0 Å². The largest absolute Gasteiger partial charge is 0.445 e. The third-order valence-corrected chi connectivity index (χ3v) is 5.36. The number of hydrogen-bond acceptors (Lipinski definition) is 4. The maximum Gasteiger partial charge on any atom is 0.410 e. The summed E-state index contributed by atoms with van der Waals surface area (Å²) < 4.78 is 17.6. The Morgan fingerprint density at radius 1 is 0.750 bits per heavy atom. The first kappa shape index (κ1) is 22.1. The Bertz CT molecular complexity index is 949. The van der Waals surface area contributed by atoms with Gasteiger partial charge in [0.05, 0.1) is 38.5 Å². The fourth-order valence-corrected chi connectivity index (χ4v) is 3.66. The van der Waals surface area contributed by atoms with Gasteiger partial charge in [0.25, 0.3) is 0 Å². The predicted octanol–water partition coefficient (Wildman–Crippen LogP) is 5.01. The molecule has 0 N–H and O–H groups in total. The molecule has 165 valence electrons. The van der Waals surface area contributed by atoms with Crippen LogP contribution in [0.25, 0.3) is 0 Å². The zero-order chi connectivity index (χ0) is 22.0. The number of rotatable bonds is 9. The third-order valence-electron chi connectivity index (χ3n) is 5.36. The van der Waals surface area contributed by atoms with Crippen LogP contribution in [0.2, 0.25) is 0 Å². The summed E-state index contributed by atoms with van der Waals surface area (Å²) in [5.41, 5.74) is 3.15. The van der Waals surface area contributed by atoms with Crippen LogP contribution in [-0.2, 0) is 34.0 Å². The molecule has 1 fully saturated rings. The van der Waals surface area contributed by atoms with Crippen molar-refractivity contribution in [1.29, 1.82) is 0 Å². The standard InChI is InChI=1S/C27H28NO4/c29-27(32-20-24-14-8-3-9-15-24)28-17-26(31-19-23-12-6-2-7-13-23)16-25(28)21-30-18-22-10-4-1-5-11-22/h1-16,25-26H,17-21H2/t25-,26-/m1/s1. The minimum absolute atomic E-state index is 0.176. The number of carbonyl (C=O) groups is 1.